The van der Waals surface area contributed by atoms with Gasteiger partial charge in [0.15, 0.2) is 29.6 Å². The number of amides is 10. The predicted octanol–water partition coefficient (Wildman–Crippen LogP) is 5.06. The summed E-state index contributed by atoms with van der Waals surface area (Å²) in [6.07, 6.45) is -3.98. The molecule has 35 nitrogen and oxygen atoms in total. The Hall–Kier alpha value is -12.0. The number of nitrogens with one attached hydrogen (secondary N) is 6. The van der Waals surface area contributed by atoms with Crippen molar-refractivity contribution in [2.75, 3.05) is 53.0 Å². The van der Waals surface area contributed by atoms with Gasteiger partial charge in [0.1, 0.15) is 48.4 Å². The highest BCUT2D eigenvalue weighted by Crippen LogP contribution is 2.42. The molecular weight excluding hydrogens is 1420 g/mol. The molecule has 11 N–H and O–H groups in total. The van der Waals surface area contributed by atoms with Crippen LogP contribution in [-0.4, -0.2) is 196 Å². The summed E-state index contributed by atoms with van der Waals surface area (Å²) < 4.78 is 31.1. The van der Waals surface area contributed by atoms with Gasteiger partial charge in [-0.1, -0.05) is 38.5 Å². The van der Waals surface area contributed by atoms with Gasteiger partial charge in [-0.2, -0.15) is 0 Å². The van der Waals surface area contributed by atoms with Crippen LogP contribution in [-0.2, 0) is 63.7 Å². The van der Waals surface area contributed by atoms with Crippen molar-refractivity contribution in [3.05, 3.63) is 148 Å². The van der Waals surface area contributed by atoms with Crippen molar-refractivity contribution in [1.29, 1.82) is 0 Å². The number of nitrogens with zero attached hydrogens (tertiary/aromatic N) is 6. The number of unbranched alkanes of at least 4 members (excludes halogenated alkanes) is 2. The van der Waals surface area contributed by atoms with E-state index in [1.807, 2.05) is 0 Å². The molecule has 0 radical (unpaired) electrons. The Morgan fingerprint density at radius 3 is 1.95 bits per heavy atom. The number of nitro groups is 1. The van der Waals surface area contributed by atoms with Crippen LogP contribution >= 0.6 is 0 Å². The number of hydrogen-bond acceptors (Lipinski definition) is 22. The number of methoxy groups -OCH3 is 1. The smallest absolute Gasteiger partial charge is 0.416 e. The molecule has 0 spiro atoms. The van der Waals surface area contributed by atoms with E-state index in [0.717, 1.165) is 27.5 Å². The number of benzene rings is 4. The van der Waals surface area contributed by atoms with Gasteiger partial charge in [0.25, 0.3) is 29.5 Å². The molecule has 4 aromatic carbocycles. The van der Waals surface area contributed by atoms with Crippen molar-refractivity contribution in [1.82, 2.24) is 29.6 Å². The Balaban J connectivity index is 0.681. The van der Waals surface area contributed by atoms with Gasteiger partial charge in [0, 0.05) is 99.3 Å². The average Bonchev–Trinajstić information content (AvgIpc) is 1.65. The largest absolute Gasteiger partial charge is 0.493 e. The lowest BCUT2D eigenvalue weighted by molar-refractivity contribution is -0.387. The molecule has 4 aliphatic heterocycles. The number of carbonyl (C=O) groups is 11. The summed E-state index contributed by atoms with van der Waals surface area (Å²) >= 11 is 0. The number of anilines is 5. The number of carboxylic acid groups (broad SMARTS) is 1. The molecule has 2 fully saturated rings. The van der Waals surface area contributed by atoms with Crippen LogP contribution in [0.5, 0.6) is 17.2 Å². The Labute approximate surface area is 623 Å². The van der Waals surface area contributed by atoms with E-state index < -0.39 is 126 Å². The lowest BCUT2D eigenvalue weighted by Gasteiger charge is -2.38. The topological polar surface area (TPSA) is 470 Å². The molecule has 1 unspecified atom stereocenters. The number of aliphatic carboxylic acids is 1. The van der Waals surface area contributed by atoms with Crippen molar-refractivity contribution >= 4 is 99.4 Å². The van der Waals surface area contributed by atoms with Gasteiger partial charge in [-0.15, -0.1) is 0 Å². The number of carbonyl (C=O) groups excluding carboxylic acids is 10. The van der Waals surface area contributed by atoms with Gasteiger partial charge >= 0.3 is 17.7 Å². The third-order valence-electron chi connectivity index (χ3n) is 18.7. The van der Waals surface area contributed by atoms with Gasteiger partial charge in [-0.3, -0.25) is 58.2 Å². The number of rotatable bonds is 30. The molecule has 2 aromatic heterocycles. The first-order valence-corrected chi connectivity index (χ1v) is 35.0. The molecule has 4 aliphatic rings. The second-order valence-electron chi connectivity index (χ2n) is 26.8. The zero-order valence-corrected chi connectivity index (χ0v) is 60.2. The summed E-state index contributed by atoms with van der Waals surface area (Å²) in [6.45, 7) is 4.79. The van der Waals surface area contributed by atoms with Crippen LogP contribution < -0.4 is 51.0 Å². The Bertz CT molecular complexity index is 4480. The van der Waals surface area contributed by atoms with E-state index in [1.54, 1.807) is 99.5 Å². The zero-order valence-electron chi connectivity index (χ0n) is 60.2. The highest BCUT2D eigenvalue weighted by atomic mass is 16.7. The number of aliphatic hydroxyl groups excluding tert-OH is 4. The van der Waals surface area contributed by atoms with E-state index in [2.05, 4.69) is 31.9 Å². The summed E-state index contributed by atoms with van der Waals surface area (Å²) in [5, 5.41) is 81.1. The number of aliphatic hydroxyl groups is 4. The average molecular weight is 1510 g/mol. The number of aryl methyl sites for hydroxylation is 2. The van der Waals surface area contributed by atoms with Crippen molar-refractivity contribution < 1.29 is 107 Å². The highest BCUT2D eigenvalue weighted by Gasteiger charge is 2.49. The molecule has 35 heteroatoms. The highest BCUT2D eigenvalue weighted by molar-refractivity contribution is 6.13. The Morgan fingerprint density at radius 1 is 0.661 bits per heavy atom. The lowest BCUT2D eigenvalue weighted by Crippen LogP contribution is -2.61. The van der Waals surface area contributed by atoms with Crippen molar-refractivity contribution in [2.45, 2.75) is 140 Å². The van der Waals surface area contributed by atoms with Crippen LogP contribution in [0, 0.1) is 16.0 Å². The predicted molar refractivity (Wildman–Crippen MR) is 388 cm³/mol. The third-order valence-corrected chi connectivity index (χ3v) is 18.7. The number of imide groups is 1. The van der Waals surface area contributed by atoms with Crippen LogP contribution in [0.25, 0.3) is 11.1 Å². The van der Waals surface area contributed by atoms with Crippen LogP contribution in [0.4, 0.5) is 38.9 Å². The van der Waals surface area contributed by atoms with E-state index in [-0.39, 0.29) is 96.6 Å². The van der Waals surface area contributed by atoms with E-state index in [1.165, 1.54) is 59.9 Å². The maximum atomic E-state index is 14.3. The van der Waals surface area contributed by atoms with Crippen LogP contribution in [0.1, 0.15) is 115 Å². The molecule has 10 amide bonds. The van der Waals surface area contributed by atoms with Crippen molar-refractivity contribution in [2.24, 2.45) is 20.0 Å². The second kappa shape index (κ2) is 35.1. The van der Waals surface area contributed by atoms with E-state index in [0.29, 0.717) is 72.5 Å². The molecular formula is C74H84N12O23. The summed E-state index contributed by atoms with van der Waals surface area (Å²) in [5.41, 5.74) is 2.62. The first kappa shape index (κ1) is 79.5. The zero-order chi connectivity index (χ0) is 78.7. The minimum atomic E-state index is -2.06. The summed E-state index contributed by atoms with van der Waals surface area (Å²) in [4.78, 5) is 158. The first-order chi connectivity index (χ1) is 52.0. The van der Waals surface area contributed by atoms with E-state index in [9.17, 15) is 88.4 Å². The minimum Gasteiger partial charge on any atom is -0.493 e. The fourth-order valence-electron chi connectivity index (χ4n) is 12.8. The minimum absolute atomic E-state index is 0.0135. The molecule has 9 atom stereocenters. The van der Waals surface area contributed by atoms with Gasteiger partial charge < -0.3 is 95.2 Å². The summed E-state index contributed by atoms with van der Waals surface area (Å²) in [7, 11) is 4.67. The quantitative estimate of drug-likeness (QED) is 0.0121. The molecule has 6 heterocycles. The Kier molecular flexibility index (Phi) is 25.6. The second-order valence-corrected chi connectivity index (χ2v) is 26.8. The van der Waals surface area contributed by atoms with Gasteiger partial charge in [0.05, 0.1) is 41.6 Å². The van der Waals surface area contributed by atoms with E-state index >= 15 is 0 Å². The number of piperidine rings is 1. The number of fused-ring (bicyclic) bond motifs is 2. The monoisotopic (exact) mass is 1510 g/mol. The third kappa shape index (κ3) is 19.0. The number of nitro benzene ring substituents is 1. The normalized spacial score (nSPS) is 19.3. The lowest BCUT2D eigenvalue weighted by atomic mass is 9.99. The molecule has 6 aromatic rings. The number of aromatic nitrogens is 2. The standard InChI is InChI=1S/C74H84N12O23/c1-39(2)61(80-58(88)14-8-7-10-29-84-59(89)26-27-60(84)90)69(97)75-40(3)66(94)77-45-21-23-46(24-22-45)79-67(95)52-32-43(36-81(52)4)42-17-19-44(20-18-42)78-68(96)53-33-47(37-82(53)5)76-57(87)15-12-30-106-56-35-50-48(34-55(56)105-6)70(98)83-28-11-9-13-49(83)71(99)85(50)74(102)107-38-41-16-25-54(51(31-41)86(103)104)108-73-64(93)62(91)63(92)65(109-73)72(100)101/h16-27,31-37,39-40,49,61-65,71,73,91-93,99H,7-15,28-30,38H2,1-6H3,(H,75,97)(H,76,87)(H,77,94)(H,78,96)(H,79,95)(H,80,88)(H,100,101)/t40-,49-,61-,62-,63-,64+,65-,71?,73+/m0/s1. The van der Waals surface area contributed by atoms with Crippen LogP contribution in [0.15, 0.2) is 116 Å². The first-order valence-electron chi connectivity index (χ1n) is 35.0. The molecule has 10 rings (SSSR count). The molecule has 0 bridgehead atoms. The van der Waals surface area contributed by atoms with Crippen LogP contribution in [0.3, 0.4) is 0 Å². The molecule has 0 saturated carbocycles. The SMILES string of the molecule is COc1cc2c(cc1OCCCC(=O)Nc1cc(C(=O)Nc3ccc(-c4cc(C(=O)Nc5ccc(NC(=O)[C@H](C)NC(=O)[C@@H](NC(=O)CCCCCN6C(=O)C=CC6=O)C(C)C)cc5)n(C)c4)cc3)n(C)c1)N(C(=O)OCc1ccc(O[C@@H]3O[C@H](C(=O)O)[C@@H](O)[C@H](O)[C@H]3O)c([N+](=O)[O-])c1)C(O)[C@@H]1CCCCN1C2=O. The van der Waals surface area contributed by atoms with Gasteiger partial charge in [-0.25, -0.2) is 14.5 Å². The fraction of sp³-hybridized carbons (Fsp3) is 0.392. The maximum absolute atomic E-state index is 14.3. The molecule has 109 heavy (non-hydrogen) atoms. The fourth-order valence-corrected chi connectivity index (χ4v) is 12.8. The number of ether oxygens (including phenoxy) is 5. The molecule has 0 aliphatic carbocycles. The maximum Gasteiger partial charge on any atom is 0.416 e. The number of carboxylic acids is 1. The summed E-state index contributed by atoms with van der Waals surface area (Å²) in [5.74, 6) is -6.48. The van der Waals surface area contributed by atoms with Gasteiger partial charge in [0.2, 0.25) is 29.9 Å². The van der Waals surface area contributed by atoms with Crippen LogP contribution in [0.2, 0.25) is 0 Å². The summed E-state index contributed by atoms with van der Waals surface area (Å²) in [6, 6.07) is 19.6. The molecule has 578 valence electrons. The van der Waals surface area contributed by atoms with Crippen molar-refractivity contribution in [3.63, 3.8) is 0 Å². The van der Waals surface area contributed by atoms with Gasteiger partial charge in [-0.05, 0) is 123 Å². The molecule has 2 saturated heterocycles. The van der Waals surface area contributed by atoms with Crippen molar-refractivity contribution in [3.8, 4) is 28.4 Å². The number of hydrogen-bond donors (Lipinski definition) is 11. The van der Waals surface area contributed by atoms with E-state index in [4.69, 9.17) is 23.7 Å². The Morgan fingerprint density at radius 2 is 1.30 bits per heavy atom.